The number of carbonyl (C=O) groups is 1. The van der Waals surface area contributed by atoms with Crippen LogP contribution in [0.1, 0.15) is 44.7 Å². The molecule has 4 heteroatoms. The van der Waals surface area contributed by atoms with Crippen molar-refractivity contribution in [2.24, 2.45) is 5.41 Å². The van der Waals surface area contributed by atoms with Crippen LogP contribution >= 0.6 is 11.6 Å². The molecule has 0 fully saturated rings. The van der Waals surface area contributed by atoms with Gasteiger partial charge in [-0.25, -0.2) is 0 Å². The molecule has 0 bridgehead atoms. The van der Waals surface area contributed by atoms with E-state index in [4.69, 9.17) is 16.7 Å². The fourth-order valence-electron chi connectivity index (χ4n) is 1.81. The molecule has 0 aliphatic rings. The topological polar surface area (TPSA) is 57.5 Å². The summed E-state index contributed by atoms with van der Waals surface area (Å²) >= 11 is 6.02. The van der Waals surface area contributed by atoms with E-state index in [-0.39, 0.29) is 18.1 Å². The summed E-state index contributed by atoms with van der Waals surface area (Å²) in [4.78, 5) is 11.1. The zero-order valence-electron chi connectivity index (χ0n) is 11.1. The first-order valence-corrected chi connectivity index (χ1v) is 6.27. The Labute approximate surface area is 112 Å². The van der Waals surface area contributed by atoms with Crippen molar-refractivity contribution in [3.05, 3.63) is 28.3 Å². The molecule has 0 amide bonds. The van der Waals surface area contributed by atoms with E-state index in [2.05, 4.69) is 0 Å². The van der Waals surface area contributed by atoms with Crippen molar-refractivity contribution >= 4 is 17.6 Å². The number of carboxylic acid groups (broad SMARTS) is 1. The van der Waals surface area contributed by atoms with Crippen LogP contribution in [0.2, 0.25) is 5.02 Å². The number of aromatic hydroxyl groups is 1. The summed E-state index contributed by atoms with van der Waals surface area (Å²) in [6, 6.07) is 3.35. The minimum atomic E-state index is -0.934. The normalized spacial score (nSPS) is 11.9. The van der Waals surface area contributed by atoms with E-state index in [0.717, 1.165) is 5.56 Å². The third-order valence-electron chi connectivity index (χ3n) is 3.02. The van der Waals surface area contributed by atoms with Gasteiger partial charge in [0.05, 0.1) is 5.41 Å². The van der Waals surface area contributed by atoms with Crippen LogP contribution in [0.25, 0.3) is 0 Å². The Hall–Kier alpha value is -1.22. The zero-order valence-corrected chi connectivity index (χ0v) is 11.9. The summed E-state index contributed by atoms with van der Waals surface area (Å²) in [7, 11) is 0. The van der Waals surface area contributed by atoms with Crippen LogP contribution in [0.5, 0.6) is 5.75 Å². The highest BCUT2D eigenvalue weighted by Gasteiger charge is 2.29. The second-order valence-electron chi connectivity index (χ2n) is 5.52. The number of phenolic OH excluding ortho intramolecular Hbond substituents is 1. The van der Waals surface area contributed by atoms with E-state index < -0.39 is 11.4 Å². The molecule has 0 spiro atoms. The van der Waals surface area contributed by atoms with Crippen molar-refractivity contribution in [3.8, 4) is 5.75 Å². The second-order valence-corrected chi connectivity index (χ2v) is 5.96. The molecule has 0 unspecified atom stereocenters. The molecule has 0 aliphatic carbocycles. The van der Waals surface area contributed by atoms with Gasteiger partial charge in [0, 0.05) is 5.02 Å². The molecule has 0 saturated carbocycles. The SMILES string of the molecule is CC(C)c1cc(Cl)cc(CC(C)(C)C(=O)O)c1O. The monoisotopic (exact) mass is 270 g/mol. The maximum Gasteiger partial charge on any atom is 0.309 e. The number of aliphatic carboxylic acids is 1. The molecule has 0 heterocycles. The van der Waals surface area contributed by atoms with Gasteiger partial charge in [-0.15, -0.1) is 0 Å². The van der Waals surface area contributed by atoms with Crippen molar-refractivity contribution in [2.75, 3.05) is 0 Å². The summed E-state index contributed by atoms with van der Waals surface area (Å²) in [5.41, 5.74) is 0.397. The molecule has 3 nitrogen and oxygen atoms in total. The highest BCUT2D eigenvalue weighted by molar-refractivity contribution is 6.30. The van der Waals surface area contributed by atoms with Gasteiger partial charge in [0.25, 0.3) is 0 Å². The largest absolute Gasteiger partial charge is 0.507 e. The van der Waals surface area contributed by atoms with Crippen LogP contribution in [0.3, 0.4) is 0 Å². The molecular weight excluding hydrogens is 252 g/mol. The molecular formula is C14H19ClO3. The summed E-state index contributed by atoms with van der Waals surface area (Å²) in [5, 5.41) is 19.8. The third kappa shape index (κ3) is 3.16. The lowest BCUT2D eigenvalue weighted by atomic mass is 9.84. The Morgan fingerprint density at radius 3 is 2.39 bits per heavy atom. The van der Waals surface area contributed by atoms with Gasteiger partial charge in [0.2, 0.25) is 0 Å². The molecule has 0 aliphatic heterocycles. The Morgan fingerprint density at radius 2 is 1.94 bits per heavy atom. The van der Waals surface area contributed by atoms with Gasteiger partial charge < -0.3 is 10.2 Å². The molecule has 0 atom stereocenters. The molecule has 1 aromatic carbocycles. The molecule has 0 aromatic heterocycles. The molecule has 100 valence electrons. The maximum absolute atomic E-state index is 11.1. The quantitative estimate of drug-likeness (QED) is 0.874. The van der Waals surface area contributed by atoms with Gasteiger partial charge in [0.15, 0.2) is 0 Å². The Kier molecular flexibility index (Phi) is 4.28. The Morgan fingerprint density at radius 1 is 1.39 bits per heavy atom. The van der Waals surface area contributed by atoms with Crippen molar-refractivity contribution in [3.63, 3.8) is 0 Å². The van der Waals surface area contributed by atoms with E-state index in [1.165, 1.54) is 0 Å². The van der Waals surface area contributed by atoms with Crippen LogP contribution in [-0.4, -0.2) is 16.2 Å². The lowest BCUT2D eigenvalue weighted by Gasteiger charge is -2.21. The summed E-state index contributed by atoms with van der Waals surface area (Å²) in [6.07, 6.45) is 0.244. The third-order valence-corrected chi connectivity index (χ3v) is 3.23. The number of carboxylic acids is 1. The number of hydrogen-bond acceptors (Lipinski definition) is 2. The van der Waals surface area contributed by atoms with Crippen molar-refractivity contribution < 1.29 is 15.0 Å². The highest BCUT2D eigenvalue weighted by Crippen LogP contribution is 2.35. The van der Waals surface area contributed by atoms with Crippen LogP contribution in [0.15, 0.2) is 12.1 Å². The average Bonchev–Trinajstić information content (AvgIpc) is 2.21. The molecule has 1 aromatic rings. The van der Waals surface area contributed by atoms with Crippen LogP contribution in [0, 0.1) is 5.41 Å². The fraction of sp³-hybridized carbons (Fsp3) is 0.500. The van der Waals surface area contributed by atoms with E-state index in [0.29, 0.717) is 10.6 Å². The lowest BCUT2D eigenvalue weighted by Crippen LogP contribution is -2.26. The van der Waals surface area contributed by atoms with Crippen molar-refractivity contribution in [1.29, 1.82) is 0 Å². The van der Waals surface area contributed by atoms with Crippen LogP contribution in [-0.2, 0) is 11.2 Å². The van der Waals surface area contributed by atoms with Crippen LogP contribution < -0.4 is 0 Å². The summed E-state index contributed by atoms with van der Waals surface area (Å²) in [6.45, 7) is 7.17. The summed E-state index contributed by atoms with van der Waals surface area (Å²) < 4.78 is 0. The van der Waals surface area contributed by atoms with E-state index in [9.17, 15) is 9.90 Å². The highest BCUT2D eigenvalue weighted by atomic mass is 35.5. The van der Waals surface area contributed by atoms with Crippen molar-refractivity contribution in [1.82, 2.24) is 0 Å². The molecule has 18 heavy (non-hydrogen) atoms. The summed E-state index contributed by atoms with van der Waals surface area (Å²) in [5.74, 6) is -0.605. The standard InChI is InChI=1S/C14H19ClO3/c1-8(2)11-6-10(15)5-9(12(11)16)7-14(3,4)13(17)18/h5-6,8,16H,7H2,1-4H3,(H,17,18). The molecule has 0 radical (unpaired) electrons. The smallest absolute Gasteiger partial charge is 0.309 e. The van der Waals surface area contributed by atoms with Gasteiger partial charge >= 0.3 is 5.97 Å². The maximum atomic E-state index is 11.1. The van der Waals surface area contributed by atoms with Crippen molar-refractivity contribution in [2.45, 2.75) is 40.0 Å². The molecule has 0 saturated heterocycles. The Bertz CT molecular complexity index is 464. The van der Waals surface area contributed by atoms with E-state index >= 15 is 0 Å². The number of phenols is 1. The van der Waals surface area contributed by atoms with E-state index in [1.807, 2.05) is 13.8 Å². The minimum Gasteiger partial charge on any atom is -0.507 e. The van der Waals surface area contributed by atoms with Crippen LogP contribution in [0.4, 0.5) is 0 Å². The van der Waals surface area contributed by atoms with Gasteiger partial charge in [0.1, 0.15) is 5.75 Å². The molecule has 1 rings (SSSR count). The van der Waals surface area contributed by atoms with Gasteiger partial charge in [-0.05, 0) is 49.4 Å². The first-order chi connectivity index (χ1) is 8.15. The number of halogens is 1. The van der Waals surface area contributed by atoms with Gasteiger partial charge in [-0.2, -0.15) is 0 Å². The number of benzene rings is 1. The van der Waals surface area contributed by atoms with Gasteiger partial charge in [-0.1, -0.05) is 25.4 Å². The second kappa shape index (κ2) is 5.19. The lowest BCUT2D eigenvalue weighted by molar-refractivity contribution is -0.146. The van der Waals surface area contributed by atoms with E-state index in [1.54, 1.807) is 26.0 Å². The minimum absolute atomic E-state index is 0.135. The number of rotatable bonds is 4. The fourth-order valence-corrected chi connectivity index (χ4v) is 2.05. The average molecular weight is 271 g/mol. The van der Waals surface area contributed by atoms with Gasteiger partial charge in [-0.3, -0.25) is 4.79 Å². The Balaban J connectivity index is 3.22. The first-order valence-electron chi connectivity index (χ1n) is 5.90. The predicted molar refractivity (Wildman–Crippen MR) is 72.3 cm³/mol. The first kappa shape index (κ1) is 14.8. The number of hydrogen-bond donors (Lipinski definition) is 2. The zero-order chi connectivity index (χ0) is 14.1. The molecule has 2 N–H and O–H groups in total. The predicted octanol–water partition coefficient (Wildman–Crippen LogP) is 3.82.